The largest absolute Gasteiger partial charge is 0.463 e. The second-order valence-electron chi connectivity index (χ2n) is 6.70. The maximum atomic E-state index is 12.1. The van der Waals surface area contributed by atoms with Gasteiger partial charge in [-0.3, -0.25) is 9.69 Å². The first-order valence-corrected chi connectivity index (χ1v) is 9.45. The number of amides is 1. The molecule has 0 saturated carbocycles. The van der Waals surface area contributed by atoms with E-state index in [4.69, 9.17) is 9.15 Å². The Labute approximate surface area is 155 Å². The zero-order valence-electron chi connectivity index (χ0n) is 15.5. The van der Waals surface area contributed by atoms with Crippen LogP contribution in [0.25, 0.3) is 0 Å². The number of hydrogen-bond acceptors (Lipinski definition) is 4. The second-order valence-corrected chi connectivity index (χ2v) is 6.70. The molecule has 5 nitrogen and oxygen atoms in total. The van der Waals surface area contributed by atoms with Gasteiger partial charge in [0, 0.05) is 19.5 Å². The summed E-state index contributed by atoms with van der Waals surface area (Å²) in [4.78, 5) is 14.4. The highest BCUT2D eigenvalue weighted by atomic mass is 16.5. The molecular weight excluding hydrogens is 328 g/mol. The van der Waals surface area contributed by atoms with E-state index in [1.54, 1.807) is 0 Å². The van der Waals surface area contributed by atoms with E-state index >= 15 is 0 Å². The summed E-state index contributed by atoms with van der Waals surface area (Å²) >= 11 is 0. The Kier molecular flexibility index (Phi) is 6.86. The minimum atomic E-state index is 0.0516. The maximum Gasteiger partial charge on any atom is 0.220 e. The number of furan rings is 1. The van der Waals surface area contributed by atoms with Crippen molar-refractivity contribution in [3.8, 4) is 0 Å². The lowest BCUT2D eigenvalue weighted by molar-refractivity contribution is -0.121. The smallest absolute Gasteiger partial charge is 0.220 e. The predicted octanol–water partition coefficient (Wildman–Crippen LogP) is 2.92. The fraction of sp³-hybridized carbons (Fsp3) is 0.476. The Morgan fingerprint density at radius 1 is 1.04 bits per heavy atom. The van der Waals surface area contributed by atoms with Crippen LogP contribution in [0.5, 0.6) is 0 Å². The van der Waals surface area contributed by atoms with Crippen molar-refractivity contribution in [1.29, 1.82) is 0 Å². The predicted molar refractivity (Wildman–Crippen MR) is 101 cm³/mol. The Morgan fingerprint density at radius 2 is 1.73 bits per heavy atom. The van der Waals surface area contributed by atoms with Gasteiger partial charge in [0.05, 0.1) is 26.3 Å². The molecule has 0 atom stereocenters. The molecule has 0 radical (unpaired) electrons. The molecule has 1 aromatic heterocycles. The first-order valence-electron chi connectivity index (χ1n) is 9.45. The number of hydrogen-bond donors (Lipinski definition) is 1. The molecule has 1 aliphatic rings. The van der Waals surface area contributed by atoms with Crippen molar-refractivity contribution in [3.63, 3.8) is 0 Å². The van der Waals surface area contributed by atoms with Crippen LogP contribution >= 0.6 is 0 Å². The van der Waals surface area contributed by atoms with Crippen molar-refractivity contribution in [2.45, 2.75) is 39.3 Å². The van der Waals surface area contributed by atoms with Gasteiger partial charge in [-0.25, -0.2) is 0 Å². The fourth-order valence-electron chi connectivity index (χ4n) is 3.06. The first-order chi connectivity index (χ1) is 12.7. The molecule has 1 N–H and O–H groups in total. The van der Waals surface area contributed by atoms with Gasteiger partial charge < -0.3 is 14.5 Å². The molecular formula is C21H28N2O3. The van der Waals surface area contributed by atoms with Gasteiger partial charge in [-0.1, -0.05) is 31.2 Å². The number of carbonyl (C=O) groups excluding carboxylic acids is 1. The van der Waals surface area contributed by atoms with Gasteiger partial charge in [0.15, 0.2) is 0 Å². The van der Waals surface area contributed by atoms with Crippen LogP contribution in [-0.2, 0) is 35.5 Å². The van der Waals surface area contributed by atoms with Crippen molar-refractivity contribution in [2.24, 2.45) is 0 Å². The lowest BCUT2D eigenvalue weighted by Crippen LogP contribution is -2.35. The minimum absolute atomic E-state index is 0.0516. The van der Waals surface area contributed by atoms with E-state index in [9.17, 15) is 4.79 Å². The van der Waals surface area contributed by atoms with Gasteiger partial charge >= 0.3 is 0 Å². The van der Waals surface area contributed by atoms with E-state index in [-0.39, 0.29) is 5.91 Å². The zero-order valence-corrected chi connectivity index (χ0v) is 15.5. The Hall–Kier alpha value is -2.11. The number of nitrogens with zero attached hydrogens (tertiary/aromatic N) is 1. The van der Waals surface area contributed by atoms with Crippen LogP contribution in [0.3, 0.4) is 0 Å². The SMILES string of the molecule is CCc1ccc(CCC(=O)NCc2ccc(CN3CCOCC3)o2)cc1. The normalized spacial score (nSPS) is 15.1. The van der Waals surface area contributed by atoms with Crippen LogP contribution < -0.4 is 5.32 Å². The molecule has 0 unspecified atom stereocenters. The fourth-order valence-corrected chi connectivity index (χ4v) is 3.06. The summed E-state index contributed by atoms with van der Waals surface area (Å²) in [5.41, 5.74) is 2.52. The van der Waals surface area contributed by atoms with Crippen LogP contribution in [0.4, 0.5) is 0 Å². The highest BCUT2D eigenvalue weighted by Gasteiger charge is 2.13. The summed E-state index contributed by atoms with van der Waals surface area (Å²) in [6.45, 7) is 6.82. The van der Waals surface area contributed by atoms with Crippen LogP contribution in [0.15, 0.2) is 40.8 Å². The van der Waals surface area contributed by atoms with Gasteiger partial charge in [-0.15, -0.1) is 0 Å². The van der Waals surface area contributed by atoms with Crippen molar-refractivity contribution in [1.82, 2.24) is 10.2 Å². The standard InChI is InChI=1S/C21H28N2O3/c1-2-17-3-5-18(6-4-17)7-10-21(24)22-15-19-8-9-20(26-19)16-23-11-13-25-14-12-23/h3-6,8-9H,2,7,10-16H2,1H3,(H,22,24). The maximum absolute atomic E-state index is 12.1. The molecule has 26 heavy (non-hydrogen) atoms. The summed E-state index contributed by atoms with van der Waals surface area (Å²) in [6.07, 6.45) is 2.29. The lowest BCUT2D eigenvalue weighted by atomic mass is 10.1. The van der Waals surface area contributed by atoms with Crippen molar-refractivity contribution < 1.29 is 13.9 Å². The third kappa shape index (κ3) is 5.71. The number of aryl methyl sites for hydroxylation is 2. The van der Waals surface area contributed by atoms with E-state index in [2.05, 4.69) is 41.4 Å². The van der Waals surface area contributed by atoms with Crippen LogP contribution in [-0.4, -0.2) is 37.1 Å². The minimum Gasteiger partial charge on any atom is -0.463 e. The molecule has 140 valence electrons. The van der Waals surface area contributed by atoms with Crippen LogP contribution in [0.1, 0.15) is 36.0 Å². The van der Waals surface area contributed by atoms with Gasteiger partial charge in [0.2, 0.25) is 5.91 Å². The Balaban J connectivity index is 1.38. The van der Waals surface area contributed by atoms with Gasteiger partial charge in [0.1, 0.15) is 11.5 Å². The number of benzene rings is 1. The van der Waals surface area contributed by atoms with Gasteiger partial charge in [-0.2, -0.15) is 0 Å². The molecule has 2 aromatic rings. The van der Waals surface area contributed by atoms with E-state index < -0.39 is 0 Å². The molecule has 1 fully saturated rings. The molecule has 3 rings (SSSR count). The first kappa shape index (κ1) is 18.7. The number of carbonyl (C=O) groups is 1. The molecule has 0 spiro atoms. The van der Waals surface area contributed by atoms with Crippen LogP contribution in [0.2, 0.25) is 0 Å². The summed E-state index contributed by atoms with van der Waals surface area (Å²) in [5.74, 6) is 1.79. The van der Waals surface area contributed by atoms with Crippen molar-refractivity contribution in [3.05, 3.63) is 59.0 Å². The molecule has 1 amide bonds. The molecule has 2 heterocycles. The highest BCUT2D eigenvalue weighted by Crippen LogP contribution is 2.12. The van der Waals surface area contributed by atoms with E-state index in [1.807, 2.05) is 12.1 Å². The third-order valence-electron chi connectivity index (χ3n) is 4.73. The van der Waals surface area contributed by atoms with E-state index in [0.29, 0.717) is 13.0 Å². The number of nitrogens with one attached hydrogen (secondary N) is 1. The topological polar surface area (TPSA) is 54.7 Å². The third-order valence-corrected chi connectivity index (χ3v) is 4.73. The van der Waals surface area contributed by atoms with E-state index in [0.717, 1.165) is 57.2 Å². The van der Waals surface area contributed by atoms with Crippen molar-refractivity contribution >= 4 is 5.91 Å². The van der Waals surface area contributed by atoms with Crippen LogP contribution in [0, 0.1) is 0 Å². The molecule has 1 saturated heterocycles. The van der Waals surface area contributed by atoms with Gasteiger partial charge in [0.25, 0.3) is 0 Å². The average Bonchev–Trinajstić information content (AvgIpc) is 3.13. The number of morpholine rings is 1. The van der Waals surface area contributed by atoms with E-state index in [1.165, 1.54) is 11.1 Å². The molecule has 1 aromatic carbocycles. The summed E-state index contributed by atoms with van der Waals surface area (Å²) in [7, 11) is 0. The average molecular weight is 356 g/mol. The highest BCUT2D eigenvalue weighted by molar-refractivity contribution is 5.76. The molecule has 0 bridgehead atoms. The quantitative estimate of drug-likeness (QED) is 0.790. The second kappa shape index (κ2) is 9.55. The zero-order chi connectivity index (χ0) is 18.2. The summed E-state index contributed by atoms with van der Waals surface area (Å²) < 4.78 is 11.2. The van der Waals surface area contributed by atoms with Gasteiger partial charge in [-0.05, 0) is 36.1 Å². The monoisotopic (exact) mass is 356 g/mol. The molecule has 1 aliphatic heterocycles. The van der Waals surface area contributed by atoms with Crippen molar-refractivity contribution in [2.75, 3.05) is 26.3 Å². The molecule has 0 aliphatic carbocycles. The Bertz CT molecular complexity index is 688. The lowest BCUT2D eigenvalue weighted by Gasteiger charge is -2.25. The Morgan fingerprint density at radius 3 is 2.46 bits per heavy atom. The number of rotatable bonds is 8. The summed E-state index contributed by atoms with van der Waals surface area (Å²) in [6, 6.07) is 12.4. The summed E-state index contributed by atoms with van der Waals surface area (Å²) in [5, 5.41) is 2.94. The molecule has 5 heteroatoms. The number of ether oxygens (including phenoxy) is 1.